The molecule has 0 radical (unpaired) electrons. The molecule has 1 atom stereocenters. The lowest BCUT2D eigenvalue weighted by Gasteiger charge is -2.19. The van der Waals surface area contributed by atoms with Crippen LogP contribution in [-0.2, 0) is 0 Å². The Morgan fingerprint density at radius 1 is 1.11 bits per heavy atom. The van der Waals surface area contributed by atoms with E-state index in [0.717, 1.165) is 10.0 Å². The van der Waals surface area contributed by atoms with Gasteiger partial charge in [-0.3, -0.25) is 5.84 Å². The molecule has 0 aliphatic rings. The van der Waals surface area contributed by atoms with Gasteiger partial charge in [0.15, 0.2) is 0 Å². The summed E-state index contributed by atoms with van der Waals surface area (Å²) in [5.41, 5.74) is 4.13. The standard InChI is InChI=1S/C13H10BrCl2FN2/c14-10-3-2-8(17)6-9(10)13(19-18)7-1-4-11(15)12(16)5-7/h1-6,13,19H,18H2. The molecule has 0 bridgehead atoms. The third-order valence-electron chi connectivity index (χ3n) is 2.71. The number of benzene rings is 2. The van der Waals surface area contributed by atoms with Crippen LogP contribution in [0.2, 0.25) is 10.0 Å². The second kappa shape index (κ2) is 6.20. The van der Waals surface area contributed by atoms with E-state index in [1.165, 1.54) is 12.1 Å². The number of rotatable bonds is 3. The van der Waals surface area contributed by atoms with E-state index < -0.39 is 0 Å². The van der Waals surface area contributed by atoms with Gasteiger partial charge in [-0.2, -0.15) is 0 Å². The van der Waals surface area contributed by atoms with Crippen LogP contribution in [0.1, 0.15) is 17.2 Å². The average Bonchev–Trinajstić information content (AvgIpc) is 2.38. The zero-order chi connectivity index (χ0) is 14.0. The SMILES string of the molecule is NNC(c1ccc(Cl)c(Cl)c1)c1cc(F)ccc1Br. The van der Waals surface area contributed by atoms with Crippen molar-refractivity contribution in [2.24, 2.45) is 5.84 Å². The van der Waals surface area contributed by atoms with Crippen LogP contribution < -0.4 is 11.3 Å². The van der Waals surface area contributed by atoms with Crippen LogP contribution >= 0.6 is 39.1 Å². The third kappa shape index (κ3) is 3.27. The predicted octanol–water partition coefficient (Wildman–Crippen LogP) is 4.45. The molecule has 0 fully saturated rings. The maximum atomic E-state index is 13.4. The molecule has 2 rings (SSSR count). The third-order valence-corrected chi connectivity index (χ3v) is 4.17. The Labute approximate surface area is 128 Å². The van der Waals surface area contributed by atoms with Crippen molar-refractivity contribution >= 4 is 39.1 Å². The number of nitrogens with two attached hydrogens (primary N) is 1. The van der Waals surface area contributed by atoms with Gasteiger partial charge >= 0.3 is 0 Å². The number of hydrazine groups is 1. The summed E-state index contributed by atoms with van der Waals surface area (Å²) in [6, 6.07) is 9.19. The Balaban J connectivity index is 2.49. The lowest BCUT2D eigenvalue weighted by atomic mass is 9.99. The van der Waals surface area contributed by atoms with Gasteiger partial charge in [0.2, 0.25) is 0 Å². The van der Waals surface area contributed by atoms with Crippen molar-refractivity contribution in [1.82, 2.24) is 5.43 Å². The second-order valence-corrected chi connectivity index (χ2v) is 5.61. The molecular weight excluding hydrogens is 354 g/mol. The van der Waals surface area contributed by atoms with E-state index in [1.807, 2.05) is 0 Å². The van der Waals surface area contributed by atoms with Gasteiger partial charge in [0, 0.05) is 4.47 Å². The van der Waals surface area contributed by atoms with Crippen LogP contribution in [0.3, 0.4) is 0 Å². The summed E-state index contributed by atoms with van der Waals surface area (Å²) in [4.78, 5) is 0. The molecule has 6 heteroatoms. The van der Waals surface area contributed by atoms with Crippen molar-refractivity contribution in [3.8, 4) is 0 Å². The minimum absolute atomic E-state index is 0.335. The highest BCUT2D eigenvalue weighted by atomic mass is 79.9. The summed E-state index contributed by atoms with van der Waals surface area (Å²) in [5, 5.41) is 0.881. The minimum atomic E-state index is -0.389. The molecule has 100 valence electrons. The van der Waals surface area contributed by atoms with Crippen LogP contribution in [0.5, 0.6) is 0 Å². The van der Waals surface area contributed by atoms with Crippen molar-refractivity contribution < 1.29 is 4.39 Å². The molecule has 1 unspecified atom stereocenters. The highest BCUT2D eigenvalue weighted by molar-refractivity contribution is 9.10. The van der Waals surface area contributed by atoms with Crippen LogP contribution in [-0.4, -0.2) is 0 Å². The first kappa shape index (κ1) is 14.8. The number of hydrogen-bond donors (Lipinski definition) is 2. The molecule has 3 N–H and O–H groups in total. The molecule has 2 aromatic carbocycles. The predicted molar refractivity (Wildman–Crippen MR) is 79.7 cm³/mol. The molecular formula is C13H10BrCl2FN2. The van der Waals surface area contributed by atoms with Crippen molar-refractivity contribution in [3.63, 3.8) is 0 Å². The summed E-state index contributed by atoms with van der Waals surface area (Å²) in [5.74, 6) is 5.24. The van der Waals surface area contributed by atoms with Gasteiger partial charge in [-0.1, -0.05) is 45.2 Å². The Bertz CT molecular complexity index is 607. The van der Waals surface area contributed by atoms with Crippen molar-refractivity contribution in [3.05, 3.63) is 67.9 Å². The van der Waals surface area contributed by atoms with E-state index in [9.17, 15) is 4.39 Å². The van der Waals surface area contributed by atoms with Crippen LogP contribution in [0.25, 0.3) is 0 Å². The van der Waals surface area contributed by atoms with Gasteiger partial charge in [-0.05, 0) is 41.5 Å². The molecule has 2 aromatic rings. The fraction of sp³-hybridized carbons (Fsp3) is 0.0769. The molecule has 0 aliphatic carbocycles. The van der Waals surface area contributed by atoms with Crippen LogP contribution in [0.4, 0.5) is 4.39 Å². The smallest absolute Gasteiger partial charge is 0.123 e. The van der Waals surface area contributed by atoms with E-state index in [4.69, 9.17) is 29.0 Å². The Morgan fingerprint density at radius 2 is 1.84 bits per heavy atom. The van der Waals surface area contributed by atoms with Gasteiger partial charge < -0.3 is 0 Å². The summed E-state index contributed by atoms with van der Waals surface area (Å²) in [6.07, 6.45) is 0. The van der Waals surface area contributed by atoms with E-state index in [2.05, 4.69) is 21.4 Å². The first-order valence-corrected chi connectivity index (χ1v) is 6.94. The number of halogens is 4. The number of hydrogen-bond acceptors (Lipinski definition) is 2. The van der Waals surface area contributed by atoms with Crippen LogP contribution in [0, 0.1) is 5.82 Å². The topological polar surface area (TPSA) is 38.0 Å². The normalized spacial score (nSPS) is 12.5. The molecule has 2 nitrogen and oxygen atoms in total. The van der Waals surface area contributed by atoms with Gasteiger partial charge in [0.05, 0.1) is 16.1 Å². The maximum absolute atomic E-state index is 13.4. The van der Waals surface area contributed by atoms with E-state index in [-0.39, 0.29) is 11.9 Å². The minimum Gasteiger partial charge on any atom is -0.271 e. The molecule has 0 saturated heterocycles. The van der Waals surface area contributed by atoms with Crippen molar-refractivity contribution in [1.29, 1.82) is 0 Å². The molecule has 0 amide bonds. The first-order valence-electron chi connectivity index (χ1n) is 5.39. The first-order chi connectivity index (χ1) is 9.02. The zero-order valence-electron chi connectivity index (χ0n) is 9.63. The largest absolute Gasteiger partial charge is 0.271 e. The molecule has 0 spiro atoms. The monoisotopic (exact) mass is 362 g/mol. The molecule has 0 saturated carbocycles. The van der Waals surface area contributed by atoms with Crippen molar-refractivity contribution in [2.75, 3.05) is 0 Å². The summed E-state index contributed by atoms with van der Waals surface area (Å²) in [7, 11) is 0. The van der Waals surface area contributed by atoms with Gasteiger partial charge in [-0.15, -0.1) is 0 Å². The van der Waals surface area contributed by atoms with Gasteiger partial charge in [0.25, 0.3) is 0 Å². The van der Waals surface area contributed by atoms with E-state index in [0.29, 0.717) is 15.6 Å². The summed E-state index contributed by atoms with van der Waals surface area (Å²) in [6.45, 7) is 0. The molecule has 19 heavy (non-hydrogen) atoms. The highest BCUT2D eigenvalue weighted by Crippen LogP contribution is 2.32. The lowest BCUT2D eigenvalue weighted by Crippen LogP contribution is -2.29. The Hall–Kier alpha value is -0.650. The average molecular weight is 364 g/mol. The van der Waals surface area contributed by atoms with Gasteiger partial charge in [-0.25, -0.2) is 9.82 Å². The second-order valence-electron chi connectivity index (χ2n) is 3.94. The fourth-order valence-corrected chi connectivity index (χ4v) is 2.58. The Morgan fingerprint density at radius 3 is 2.47 bits per heavy atom. The molecule has 0 aliphatic heterocycles. The van der Waals surface area contributed by atoms with E-state index >= 15 is 0 Å². The number of nitrogens with one attached hydrogen (secondary N) is 1. The fourth-order valence-electron chi connectivity index (χ4n) is 1.79. The van der Waals surface area contributed by atoms with Crippen molar-refractivity contribution in [2.45, 2.75) is 6.04 Å². The quantitative estimate of drug-likeness (QED) is 0.624. The Kier molecular flexibility index (Phi) is 4.81. The highest BCUT2D eigenvalue weighted by Gasteiger charge is 2.17. The van der Waals surface area contributed by atoms with Gasteiger partial charge in [0.1, 0.15) is 5.82 Å². The molecule has 0 heterocycles. The lowest BCUT2D eigenvalue weighted by molar-refractivity contribution is 0.603. The zero-order valence-corrected chi connectivity index (χ0v) is 12.7. The van der Waals surface area contributed by atoms with Crippen LogP contribution in [0.15, 0.2) is 40.9 Å². The summed E-state index contributed by atoms with van der Waals surface area (Å²) < 4.78 is 14.1. The van der Waals surface area contributed by atoms with E-state index in [1.54, 1.807) is 24.3 Å². The maximum Gasteiger partial charge on any atom is 0.123 e. The summed E-state index contributed by atoms with van der Waals surface area (Å²) >= 11 is 15.2. The molecule has 0 aromatic heterocycles.